The van der Waals surface area contributed by atoms with Crippen molar-refractivity contribution in [2.24, 2.45) is 10.2 Å². The normalized spacial score (nSPS) is 11.5. The van der Waals surface area contributed by atoms with Crippen molar-refractivity contribution in [3.05, 3.63) is 66.4 Å². The number of nitrogens with one attached hydrogen (secondary N) is 1. The highest BCUT2D eigenvalue weighted by atomic mass is 16.3. The number of benzene rings is 2. The summed E-state index contributed by atoms with van der Waals surface area (Å²) in [7, 11) is 0. The Morgan fingerprint density at radius 3 is 2.79 bits per heavy atom. The highest BCUT2D eigenvalue weighted by Crippen LogP contribution is 2.35. The zero-order chi connectivity index (χ0) is 16.5. The Balaban J connectivity index is 1.69. The minimum atomic E-state index is -0.516. The summed E-state index contributed by atoms with van der Waals surface area (Å²) in [6, 6.07) is 16.5. The number of pyridine rings is 1. The summed E-state index contributed by atoms with van der Waals surface area (Å²) in [5, 5.41) is 19.1. The smallest absolute Gasteiger partial charge is 0.296 e. The lowest BCUT2D eigenvalue weighted by Crippen LogP contribution is -1.95. The molecule has 0 spiro atoms. The molecular formula is C18H12N4O2. The highest BCUT2D eigenvalue weighted by Gasteiger charge is 2.11. The summed E-state index contributed by atoms with van der Waals surface area (Å²) < 4.78 is 0. The molecule has 0 unspecified atom stereocenters. The van der Waals surface area contributed by atoms with Gasteiger partial charge in [-0.1, -0.05) is 36.4 Å². The van der Waals surface area contributed by atoms with Gasteiger partial charge in [0, 0.05) is 17.0 Å². The van der Waals surface area contributed by atoms with Gasteiger partial charge >= 0.3 is 0 Å². The molecule has 0 fully saturated rings. The van der Waals surface area contributed by atoms with Crippen LogP contribution in [0.3, 0.4) is 0 Å². The standard InChI is InChI=1S/C18H12N4O2/c23-17(12-9-11-5-1-3-7-14(11)19-10-12)22-21-16-13-6-2-4-8-15(13)20-18(16)24/h1-10,20,24H. The van der Waals surface area contributed by atoms with Gasteiger partial charge in [-0.25, -0.2) is 0 Å². The predicted octanol–water partition coefficient (Wildman–Crippen LogP) is 4.35. The first kappa shape index (κ1) is 14.1. The Hall–Kier alpha value is -3.54. The number of carbonyl (C=O) groups is 1. The van der Waals surface area contributed by atoms with Crippen LogP contribution in [0.4, 0.5) is 5.69 Å². The van der Waals surface area contributed by atoms with Gasteiger partial charge in [-0.15, -0.1) is 10.2 Å². The van der Waals surface area contributed by atoms with Crippen LogP contribution >= 0.6 is 0 Å². The summed E-state index contributed by atoms with van der Waals surface area (Å²) >= 11 is 0. The van der Waals surface area contributed by atoms with Gasteiger partial charge in [-0.05, 0) is 18.2 Å². The molecule has 0 saturated heterocycles. The molecule has 24 heavy (non-hydrogen) atoms. The predicted molar refractivity (Wildman–Crippen MR) is 90.6 cm³/mol. The molecular weight excluding hydrogens is 304 g/mol. The van der Waals surface area contributed by atoms with Gasteiger partial charge in [0.15, 0.2) is 5.69 Å². The van der Waals surface area contributed by atoms with Crippen molar-refractivity contribution in [3.63, 3.8) is 0 Å². The molecule has 2 aromatic heterocycles. The summed E-state index contributed by atoms with van der Waals surface area (Å²) in [5.74, 6) is -0.637. The van der Waals surface area contributed by atoms with E-state index in [1.54, 1.807) is 12.1 Å². The van der Waals surface area contributed by atoms with Crippen LogP contribution in [0.1, 0.15) is 10.4 Å². The number of azo groups is 1. The van der Waals surface area contributed by atoms with E-state index in [1.165, 1.54) is 6.20 Å². The van der Waals surface area contributed by atoms with Crippen molar-refractivity contribution in [1.29, 1.82) is 0 Å². The maximum absolute atomic E-state index is 12.2. The maximum atomic E-state index is 12.2. The number of hydrogen-bond acceptors (Lipinski definition) is 4. The van der Waals surface area contributed by atoms with E-state index in [1.807, 2.05) is 42.5 Å². The third-order valence-electron chi connectivity index (χ3n) is 3.74. The van der Waals surface area contributed by atoms with Crippen LogP contribution in [-0.4, -0.2) is 21.0 Å². The number of carbonyl (C=O) groups excluding carboxylic acids is 1. The minimum absolute atomic E-state index is 0.121. The molecule has 0 saturated carbocycles. The van der Waals surface area contributed by atoms with Gasteiger partial charge in [0.1, 0.15) is 0 Å². The third-order valence-corrected chi connectivity index (χ3v) is 3.74. The lowest BCUT2D eigenvalue weighted by atomic mass is 10.1. The van der Waals surface area contributed by atoms with E-state index >= 15 is 0 Å². The summed E-state index contributed by atoms with van der Waals surface area (Å²) in [6.45, 7) is 0. The number of nitrogens with zero attached hydrogens (tertiary/aromatic N) is 3. The number of H-pyrrole nitrogens is 1. The monoisotopic (exact) mass is 316 g/mol. The summed E-state index contributed by atoms with van der Waals surface area (Å²) in [5.41, 5.74) is 2.12. The Morgan fingerprint density at radius 2 is 1.88 bits per heavy atom. The third kappa shape index (κ3) is 2.40. The zero-order valence-electron chi connectivity index (χ0n) is 12.5. The van der Waals surface area contributed by atoms with Crippen LogP contribution in [0.25, 0.3) is 21.8 Å². The second-order valence-corrected chi connectivity index (χ2v) is 5.29. The average Bonchev–Trinajstić information content (AvgIpc) is 2.94. The quantitative estimate of drug-likeness (QED) is 0.539. The van der Waals surface area contributed by atoms with Crippen LogP contribution < -0.4 is 0 Å². The number of hydrogen-bond donors (Lipinski definition) is 2. The first-order valence-corrected chi connectivity index (χ1v) is 7.33. The molecule has 2 heterocycles. The van der Waals surface area contributed by atoms with Crippen molar-refractivity contribution in [2.75, 3.05) is 0 Å². The molecule has 2 N–H and O–H groups in total. The van der Waals surface area contributed by atoms with Crippen LogP contribution in [-0.2, 0) is 0 Å². The van der Waals surface area contributed by atoms with E-state index in [4.69, 9.17) is 0 Å². The van der Waals surface area contributed by atoms with Crippen LogP contribution in [0.15, 0.2) is 71.0 Å². The van der Waals surface area contributed by atoms with Crippen molar-refractivity contribution in [2.45, 2.75) is 0 Å². The fraction of sp³-hybridized carbons (Fsp3) is 0. The molecule has 6 nitrogen and oxygen atoms in total. The van der Waals surface area contributed by atoms with Gasteiger partial charge in [0.25, 0.3) is 5.91 Å². The first-order chi connectivity index (χ1) is 11.7. The van der Waals surface area contributed by atoms with Gasteiger partial charge in [-0.3, -0.25) is 9.78 Å². The maximum Gasteiger partial charge on any atom is 0.296 e. The minimum Gasteiger partial charge on any atom is -0.493 e. The van der Waals surface area contributed by atoms with Gasteiger partial charge in [-0.2, -0.15) is 0 Å². The average molecular weight is 316 g/mol. The second-order valence-electron chi connectivity index (χ2n) is 5.29. The van der Waals surface area contributed by atoms with Gasteiger partial charge < -0.3 is 10.1 Å². The molecule has 0 atom stereocenters. The fourth-order valence-electron chi connectivity index (χ4n) is 2.56. The molecule has 0 bridgehead atoms. The van der Waals surface area contributed by atoms with Gasteiger partial charge in [0.05, 0.1) is 16.6 Å². The Morgan fingerprint density at radius 1 is 1.08 bits per heavy atom. The Kier molecular flexibility index (Phi) is 3.28. The number of rotatable bonds is 2. The largest absolute Gasteiger partial charge is 0.493 e. The molecule has 6 heteroatoms. The lowest BCUT2D eigenvalue weighted by Gasteiger charge is -1.98. The summed E-state index contributed by atoms with van der Waals surface area (Å²) in [4.78, 5) is 19.3. The highest BCUT2D eigenvalue weighted by molar-refractivity contribution is 5.98. The Bertz CT molecular complexity index is 1100. The lowest BCUT2D eigenvalue weighted by molar-refractivity contribution is 0.0995. The number of aromatic hydroxyl groups is 1. The number of aromatic amines is 1. The van der Waals surface area contributed by atoms with E-state index in [0.717, 1.165) is 16.4 Å². The van der Waals surface area contributed by atoms with Gasteiger partial charge in [0.2, 0.25) is 5.88 Å². The van der Waals surface area contributed by atoms with Crippen molar-refractivity contribution in [3.8, 4) is 5.88 Å². The van der Waals surface area contributed by atoms with E-state index in [0.29, 0.717) is 10.9 Å². The molecule has 1 amide bonds. The van der Waals surface area contributed by atoms with Crippen LogP contribution in [0.5, 0.6) is 5.88 Å². The molecule has 4 rings (SSSR count). The Labute approximate surface area is 136 Å². The van der Waals surface area contributed by atoms with E-state index in [9.17, 15) is 9.90 Å². The number of para-hydroxylation sites is 2. The van der Waals surface area contributed by atoms with Crippen molar-refractivity contribution >= 4 is 33.4 Å². The topological polar surface area (TPSA) is 90.7 Å². The van der Waals surface area contributed by atoms with E-state index < -0.39 is 5.91 Å². The SMILES string of the molecule is O=C(N=Nc1c(O)[nH]c2ccccc12)c1cnc2ccccc2c1. The molecule has 0 aliphatic carbocycles. The van der Waals surface area contributed by atoms with E-state index in [-0.39, 0.29) is 11.6 Å². The number of fused-ring (bicyclic) bond motifs is 2. The molecule has 0 aliphatic heterocycles. The fourth-order valence-corrected chi connectivity index (χ4v) is 2.56. The summed E-state index contributed by atoms with van der Waals surface area (Å²) in [6.07, 6.45) is 1.47. The molecule has 116 valence electrons. The molecule has 0 radical (unpaired) electrons. The zero-order valence-corrected chi connectivity index (χ0v) is 12.5. The van der Waals surface area contributed by atoms with Crippen LogP contribution in [0.2, 0.25) is 0 Å². The molecule has 2 aromatic carbocycles. The van der Waals surface area contributed by atoms with Crippen molar-refractivity contribution < 1.29 is 9.90 Å². The van der Waals surface area contributed by atoms with E-state index in [2.05, 4.69) is 20.2 Å². The second kappa shape index (κ2) is 5.58. The number of amides is 1. The first-order valence-electron chi connectivity index (χ1n) is 7.33. The molecule has 0 aliphatic rings. The van der Waals surface area contributed by atoms with Crippen molar-refractivity contribution in [1.82, 2.24) is 9.97 Å². The van der Waals surface area contributed by atoms with Crippen LogP contribution in [0, 0.1) is 0 Å². The molecule has 4 aromatic rings. The number of aromatic nitrogens is 2.